The van der Waals surface area contributed by atoms with Crippen molar-refractivity contribution in [3.05, 3.63) is 12.7 Å². The molecule has 0 heterocycles. The summed E-state index contributed by atoms with van der Waals surface area (Å²) in [5.74, 6) is -0.657. The van der Waals surface area contributed by atoms with Crippen LogP contribution in [0.15, 0.2) is 12.7 Å². The summed E-state index contributed by atoms with van der Waals surface area (Å²) in [6.45, 7) is 6.36. The van der Waals surface area contributed by atoms with Gasteiger partial charge in [-0.3, -0.25) is 4.52 Å². The first-order valence-electron chi connectivity index (χ1n) is 4.37. The Morgan fingerprint density at radius 1 is 1.60 bits per heavy atom. The molecule has 0 aliphatic rings. The van der Waals surface area contributed by atoms with Crippen LogP contribution in [-0.4, -0.2) is 28.0 Å². The number of phosphoric acid groups is 1. The Hall–Kier alpha value is -0.680. The predicted molar refractivity (Wildman–Crippen MR) is 53.0 cm³/mol. The third kappa shape index (κ3) is 6.41. The minimum atomic E-state index is -4.56. The van der Waals surface area contributed by atoms with Crippen molar-refractivity contribution in [3.8, 4) is 0 Å². The van der Waals surface area contributed by atoms with Crippen LogP contribution in [0.4, 0.5) is 0 Å². The Morgan fingerprint density at radius 2 is 2.13 bits per heavy atom. The molecule has 0 saturated carbocycles. The number of carbonyl (C=O) groups excluding carboxylic acids is 1. The number of hydrogen-bond donors (Lipinski definition) is 2. The molecule has 2 N–H and O–H groups in total. The van der Waals surface area contributed by atoms with Crippen molar-refractivity contribution in [3.63, 3.8) is 0 Å². The van der Waals surface area contributed by atoms with Gasteiger partial charge in [0, 0.05) is 6.08 Å². The SMILES string of the molecule is C=CC(=O)OC(C)C(CC)OP(=O)(O)O. The van der Waals surface area contributed by atoms with Gasteiger partial charge in [0.05, 0.1) is 0 Å². The van der Waals surface area contributed by atoms with E-state index < -0.39 is 26.0 Å². The molecule has 0 aromatic rings. The highest BCUT2D eigenvalue weighted by molar-refractivity contribution is 7.46. The summed E-state index contributed by atoms with van der Waals surface area (Å²) in [4.78, 5) is 28.0. The minimum absolute atomic E-state index is 0.316. The van der Waals surface area contributed by atoms with Crippen LogP contribution < -0.4 is 0 Å². The summed E-state index contributed by atoms with van der Waals surface area (Å²) in [5.41, 5.74) is 0. The van der Waals surface area contributed by atoms with E-state index in [0.717, 1.165) is 6.08 Å². The van der Waals surface area contributed by atoms with Crippen LogP contribution in [0.2, 0.25) is 0 Å². The zero-order valence-corrected chi connectivity index (χ0v) is 9.52. The van der Waals surface area contributed by atoms with E-state index in [1.54, 1.807) is 6.92 Å². The van der Waals surface area contributed by atoms with Crippen molar-refractivity contribution in [2.45, 2.75) is 32.5 Å². The molecule has 0 radical (unpaired) electrons. The normalized spacial score (nSPS) is 15.5. The Balaban J connectivity index is 4.34. The molecule has 0 aliphatic heterocycles. The summed E-state index contributed by atoms with van der Waals surface area (Å²) in [6, 6.07) is 0. The lowest BCUT2D eigenvalue weighted by molar-refractivity contribution is -0.147. The zero-order chi connectivity index (χ0) is 12.1. The molecule has 0 aromatic carbocycles. The average Bonchev–Trinajstić information content (AvgIpc) is 2.12. The zero-order valence-electron chi connectivity index (χ0n) is 8.62. The molecule has 0 saturated heterocycles. The lowest BCUT2D eigenvalue weighted by Gasteiger charge is -2.22. The van der Waals surface area contributed by atoms with Crippen molar-refractivity contribution >= 4 is 13.8 Å². The van der Waals surface area contributed by atoms with Gasteiger partial charge in [-0.2, -0.15) is 0 Å². The second-order valence-corrected chi connectivity index (χ2v) is 4.08. The van der Waals surface area contributed by atoms with Crippen LogP contribution in [0, 0.1) is 0 Å². The maximum atomic E-state index is 10.8. The summed E-state index contributed by atoms with van der Waals surface area (Å²) in [5, 5.41) is 0. The first kappa shape index (κ1) is 14.3. The number of ether oxygens (including phenoxy) is 1. The number of esters is 1. The highest BCUT2D eigenvalue weighted by atomic mass is 31.2. The highest BCUT2D eigenvalue weighted by Gasteiger charge is 2.27. The predicted octanol–water partition coefficient (Wildman–Crippen LogP) is 0.992. The molecule has 15 heavy (non-hydrogen) atoms. The molecule has 7 heteroatoms. The standard InChI is InChI=1S/C8H15O6P/c1-4-7(14-15(10,11)12)6(3)13-8(9)5-2/h5-7H,2,4H2,1,3H3,(H2,10,11,12). The molecule has 0 aliphatic carbocycles. The molecule has 0 aromatic heterocycles. The average molecular weight is 238 g/mol. The van der Waals surface area contributed by atoms with Crippen LogP contribution in [0.3, 0.4) is 0 Å². The number of rotatable bonds is 6. The molecule has 0 bridgehead atoms. The van der Waals surface area contributed by atoms with Gasteiger partial charge in [0.2, 0.25) is 0 Å². The third-order valence-electron chi connectivity index (χ3n) is 1.67. The number of hydrogen-bond acceptors (Lipinski definition) is 4. The second-order valence-electron chi connectivity index (χ2n) is 2.89. The van der Waals surface area contributed by atoms with Gasteiger partial charge < -0.3 is 14.5 Å². The lowest BCUT2D eigenvalue weighted by Crippen LogP contribution is -2.29. The smallest absolute Gasteiger partial charge is 0.457 e. The molecule has 2 atom stereocenters. The molecular formula is C8H15O6P. The largest absolute Gasteiger partial charge is 0.469 e. The van der Waals surface area contributed by atoms with E-state index in [4.69, 9.17) is 14.5 Å². The van der Waals surface area contributed by atoms with Gasteiger partial charge in [0.25, 0.3) is 0 Å². The van der Waals surface area contributed by atoms with Crippen molar-refractivity contribution in [2.75, 3.05) is 0 Å². The van der Waals surface area contributed by atoms with Gasteiger partial charge >= 0.3 is 13.8 Å². The van der Waals surface area contributed by atoms with E-state index in [1.165, 1.54) is 6.92 Å². The third-order valence-corrected chi connectivity index (χ3v) is 2.21. The van der Waals surface area contributed by atoms with E-state index in [0.29, 0.717) is 6.42 Å². The van der Waals surface area contributed by atoms with E-state index in [1.807, 2.05) is 0 Å². The van der Waals surface area contributed by atoms with E-state index >= 15 is 0 Å². The summed E-state index contributed by atoms with van der Waals surface area (Å²) < 4.78 is 19.8. The topological polar surface area (TPSA) is 93.1 Å². The lowest BCUT2D eigenvalue weighted by atomic mass is 10.2. The van der Waals surface area contributed by atoms with Gasteiger partial charge in [0.1, 0.15) is 12.2 Å². The van der Waals surface area contributed by atoms with Crippen molar-refractivity contribution < 1.29 is 28.4 Å². The van der Waals surface area contributed by atoms with Crippen LogP contribution in [0.1, 0.15) is 20.3 Å². The molecule has 0 spiro atoms. The maximum Gasteiger partial charge on any atom is 0.469 e. The fourth-order valence-electron chi connectivity index (χ4n) is 0.976. The molecule has 0 fully saturated rings. The Morgan fingerprint density at radius 3 is 2.47 bits per heavy atom. The number of carbonyl (C=O) groups is 1. The summed E-state index contributed by atoms with van der Waals surface area (Å²) in [7, 11) is -4.56. The quantitative estimate of drug-likeness (QED) is 0.407. The van der Waals surface area contributed by atoms with Gasteiger partial charge in [-0.15, -0.1) is 0 Å². The highest BCUT2D eigenvalue weighted by Crippen LogP contribution is 2.39. The van der Waals surface area contributed by atoms with Gasteiger partial charge in [0.15, 0.2) is 0 Å². The fraction of sp³-hybridized carbons (Fsp3) is 0.625. The second kappa shape index (κ2) is 6.02. The summed E-state index contributed by atoms with van der Waals surface area (Å²) in [6.07, 6.45) is -0.292. The monoisotopic (exact) mass is 238 g/mol. The van der Waals surface area contributed by atoms with Crippen molar-refractivity contribution in [1.82, 2.24) is 0 Å². The number of phosphoric ester groups is 1. The molecule has 6 nitrogen and oxygen atoms in total. The fourth-order valence-corrected chi connectivity index (χ4v) is 1.65. The molecular weight excluding hydrogens is 223 g/mol. The maximum absolute atomic E-state index is 10.8. The first-order valence-corrected chi connectivity index (χ1v) is 5.90. The van der Waals surface area contributed by atoms with Gasteiger partial charge in [-0.25, -0.2) is 9.36 Å². The van der Waals surface area contributed by atoms with Crippen LogP contribution in [0.5, 0.6) is 0 Å². The Kier molecular flexibility index (Phi) is 5.75. The van der Waals surface area contributed by atoms with Crippen LogP contribution >= 0.6 is 7.82 Å². The van der Waals surface area contributed by atoms with Crippen molar-refractivity contribution in [1.29, 1.82) is 0 Å². The van der Waals surface area contributed by atoms with E-state index in [9.17, 15) is 9.36 Å². The Bertz CT molecular complexity index is 270. The van der Waals surface area contributed by atoms with Gasteiger partial charge in [-0.05, 0) is 13.3 Å². The van der Waals surface area contributed by atoms with Crippen LogP contribution in [-0.2, 0) is 18.6 Å². The van der Waals surface area contributed by atoms with E-state index in [-0.39, 0.29) is 0 Å². The van der Waals surface area contributed by atoms with Crippen molar-refractivity contribution in [2.24, 2.45) is 0 Å². The molecule has 0 amide bonds. The van der Waals surface area contributed by atoms with E-state index in [2.05, 4.69) is 11.1 Å². The molecule has 88 valence electrons. The Labute approximate surface area is 88.1 Å². The first-order chi connectivity index (χ1) is 6.80. The minimum Gasteiger partial charge on any atom is -0.457 e. The van der Waals surface area contributed by atoms with Crippen LogP contribution in [0.25, 0.3) is 0 Å². The molecule has 0 rings (SSSR count). The molecule has 2 unspecified atom stereocenters. The van der Waals surface area contributed by atoms with Gasteiger partial charge in [-0.1, -0.05) is 13.5 Å². The summed E-state index contributed by atoms with van der Waals surface area (Å²) >= 11 is 0.